The van der Waals surface area contributed by atoms with E-state index >= 15 is 0 Å². The number of hydrogen-bond acceptors (Lipinski definition) is 3. The predicted octanol–water partition coefficient (Wildman–Crippen LogP) is 22.4. The van der Waals surface area contributed by atoms with Crippen molar-refractivity contribution in [3.05, 3.63) is 253 Å². The van der Waals surface area contributed by atoms with Gasteiger partial charge in [-0.25, -0.2) is 0 Å². The van der Waals surface area contributed by atoms with E-state index in [2.05, 4.69) is 218 Å². The predicted molar refractivity (Wildman–Crippen MR) is 356 cm³/mol. The van der Waals surface area contributed by atoms with Crippen LogP contribution in [0.25, 0.3) is 17.1 Å². The molecule has 0 aliphatic heterocycles. The molecule has 0 spiro atoms. The fourth-order valence-corrected chi connectivity index (χ4v) is 8.95. The number of nitrogens with zero attached hydrogens (tertiary/aromatic N) is 6. The topological polar surface area (TPSA) is 51.9 Å². The largest absolute Gasteiger partial charge is 0.323 e. The van der Waals surface area contributed by atoms with Gasteiger partial charge in [0.05, 0.1) is 17.1 Å². The van der Waals surface area contributed by atoms with Crippen LogP contribution >= 0.6 is 0 Å². The summed E-state index contributed by atoms with van der Waals surface area (Å²) in [6.07, 6.45) is 34.0. The summed E-state index contributed by atoms with van der Waals surface area (Å²) in [6.45, 7) is 19.0. The zero-order chi connectivity index (χ0) is 58.7. The number of rotatable bonds is 23. The van der Waals surface area contributed by atoms with Gasteiger partial charge in [-0.3, -0.25) is 4.99 Å². The van der Waals surface area contributed by atoms with Crippen molar-refractivity contribution >= 4 is 23.8 Å². The van der Waals surface area contributed by atoms with Crippen molar-refractivity contribution in [2.75, 3.05) is 0 Å². The zero-order valence-electron chi connectivity index (χ0n) is 51.0. The number of para-hydroxylation sites is 4. The molecule has 430 valence electrons. The summed E-state index contributed by atoms with van der Waals surface area (Å²) in [7, 11) is 0. The van der Waals surface area contributed by atoms with Gasteiger partial charge in [0.25, 0.3) is 0 Å². The Balaban J connectivity index is 0.000000219. The van der Waals surface area contributed by atoms with Crippen molar-refractivity contribution in [1.29, 1.82) is 0 Å². The molecule has 0 bridgehead atoms. The van der Waals surface area contributed by atoms with Gasteiger partial charge in [0.15, 0.2) is 0 Å². The van der Waals surface area contributed by atoms with Crippen LogP contribution in [-0.4, -0.2) is 20.4 Å². The molecule has 6 aromatic carbocycles. The Morgan fingerprint density at radius 1 is 0.402 bits per heavy atom. The maximum absolute atomic E-state index is 4.96. The molecule has 3 heterocycles. The normalized spacial score (nSPS) is 10.3. The Labute approximate surface area is 496 Å². The van der Waals surface area contributed by atoms with E-state index in [4.69, 9.17) is 6.42 Å². The highest BCUT2D eigenvalue weighted by molar-refractivity contribution is 5.45. The number of hydrogen-bond donors (Lipinski definition) is 0. The highest BCUT2D eigenvalue weighted by atomic mass is 15.1. The lowest BCUT2D eigenvalue weighted by Gasteiger charge is -2.11. The minimum Gasteiger partial charge on any atom is -0.323 e. The summed E-state index contributed by atoms with van der Waals surface area (Å²) in [5.74, 6) is 2.57. The SMILES string of the molecule is C#CCCCC.C=Nc1ccccc1.CCCCc1cc(CCCC)n(-c2ccccc2)c1.CCCCc1ccc(C)n1-c1ccccc1.CCCCc1cn(-c2ccccc2)cc1CCCC.c1ccc(N=Nc2ccccc2)cc1. The molecular formula is C76H96N6. The summed E-state index contributed by atoms with van der Waals surface area (Å²) in [5, 5.41) is 8.20. The molecule has 9 rings (SSSR count). The van der Waals surface area contributed by atoms with Crippen molar-refractivity contribution in [1.82, 2.24) is 13.7 Å². The molecule has 0 amide bonds. The summed E-state index contributed by atoms with van der Waals surface area (Å²) in [6, 6.07) is 67.8. The van der Waals surface area contributed by atoms with Gasteiger partial charge in [-0.2, -0.15) is 10.2 Å². The molecule has 0 N–H and O–H groups in total. The fraction of sp³-hybridized carbons (Fsp3) is 0.329. The van der Waals surface area contributed by atoms with Gasteiger partial charge in [-0.1, -0.05) is 189 Å². The van der Waals surface area contributed by atoms with Gasteiger partial charge in [0, 0.05) is 59.2 Å². The number of azo groups is 1. The Bertz CT molecular complexity index is 2990. The van der Waals surface area contributed by atoms with Gasteiger partial charge in [-0.05, 0) is 192 Å². The Morgan fingerprint density at radius 3 is 1.21 bits per heavy atom. The van der Waals surface area contributed by atoms with Gasteiger partial charge in [0.1, 0.15) is 0 Å². The fourth-order valence-electron chi connectivity index (χ4n) is 8.95. The molecule has 6 nitrogen and oxygen atoms in total. The molecule has 0 saturated carbocycles. The summed E-state index contributed by atoms with van der Waals surface area (Å²) in [4.78, 5) is 3.72. The Hall–Kier alpha value is -8.01. The minimum absolute atomic E-state index is 0.872. The maximum atomic E-state index is 4.96. The molecule has 0 aliphatic rings. The number of unbranched alkanes of at least 4 members (excludes halogenated alkanes) is 7. The molecule has 0 atom stereocenters. The second-order valence-corrected chi connectivity index (χ2v) is 20.4. The molecule has 0 radical (unpaired) electrons. The lowest BCUT2D eigenvalue weighted by atomic mass is 10.0. The third-order valence-electron chi connectivity index (χ3n) is 13.6. The molecule has 9 aromatic rings. The van der Waals surface area contributed by atoms with E-state index in [1.54, 1.807) is 11.1 Å². The standard InChI is InChI=1S/2C18H25N.C15H19N.C12H10N2.C7H7N.C6H10/c1-3-5-10-16-14-19(15-17(16)11-6-4-2)18-12-8-7-9-13-18;1-3-5-10-16-14-18(11-6-4-2)19(15-16)17-12-8-7-9-13-17;1-3-4-8-15-12-11-13(2)16(15)14-9-6-5-7-10-14;1-3-7-11(8-4-1)13-14-12-9-5-2-6-10-12;1-8-7-5-3-2-4-6-7;1-3-5-6-4-2/h2*7-9,12-15H,3-6,10-11H2,1-2H3;5-7,9-12H,3-4,8H2,1-2H3;1-10H;2-6H,1H2;1H,4-6H2,2H3. The zero-order valence-corrected chi connectivity index (χ0v) is 51.0. The van der Waals surface area contributed by atoms with E-state index in [0.717, 1.165) is 23.5 Å². The highest BCUT2D eigenvalue weighted by Crippen LogP contribution is 2.23. The first-order valence-electron chi connectivity index (χ1n) is 30.5. The van der Waals surface area contributed by atoms with E-state index in [0.29, 0.717) is 0 Å². The third kappa shape index (κ3) is 25.6. The Kier molecular flexibility index (Phi) is 34.0. The Morgan fingerprint density at radius 2 is 0.793 bits per heavy atom. The number of aryl methyl sites for hydroxylation is 6. The summed E-state index contributed by atoms with van der Waals surface area (Å²) >= 11 is 0. The first-order chi connectivity index (χ1) is 40.3. The van der Waals surface area contributed by atoms with Crippen LogP contribution in [0.1, 0.15) is 159 Å². The van der Waals surface area contributed by atoms with Gasteiger partial charge < -0.3 is 13.7 Å². The number of benzene rings is 6. The van der Waals surface area contributed by atoms with Gasteiger partial charge in [-0.15, -0.1) is 12.3 Å². The van der Waals surface area contributed by atoms with E-state index in [1.807, 2.05) is 91.0 Å². The van der Waals surface area contributed by atoms with Crippen LogP contribution in [-0.2, 0) is 32.1 Å². The molecule has 0 saturated heterocycles. The van der Waals surface area contributed by atoms with E-state index in [-0.39, 0.29) is 0 Å². The van der Waals surface area contributed by atoms with Crippen LogP contribution in [0.3, 0.4) is 0 Å². The smallest absolute Gasteiger partial charge is 0.0857 e. The molecule has 0 unspecified atom stereocenters. The minimum atomic E-state index is 0.872. The van der Waals surface area contributed by atoms with Crippen molar-refractivity contribution in [3.8, 4) is 29.4 Å². The van der Waals surface area contributed by atoms with Crippen LogP contribution in [0.15, 0.2) is 234 Å². The molecule has 0 fully saturated rings. The van der Waals surface area contributed by atoms with E-state index in [9.17, 15) is 0 Å². The van der Waals surface area contributed by atoms with Crippen LogP contribution in [0.4, 0.5) is 17.1 Å². The molecule has 3 aromatic heterocycles. The highest BCUT2D eigenvalue weighted by Gasteiger charge is 2.10. The monoisotopic (exact) mass is 1090 g/mol. The van der Waals surface area contributed by atoms with Gasteiger partial charge in [0.2, 0.25) is 0 Å². The molecule has 0 aliphatic carbocycles. The van der Waals surface area contributed by atoms with Crippen molar-refractivity contribution in [2.24, 2.45) is 15.2 Å². The second kappa shape index (κ2) is 41.9. The molecular weight excluding hydrogens is 997 g/mol. The average molecular weight is 1090 g/mol. The lowest BCUT2D eigenvalue weighted by molar-refractivity contribution is 0.755. The van der Waals surface area contributed by atoms with Crippen LogP contribution in [0.2, 0.25) is 0 Å². The van der Waals surface area contributed by atoms with E-state index < -0.39 is 0 Å². The number of aliphatic imine (C=N–C) groups is 1. The quantitative estimate of drug-likeness (QED) is 0.0265. The van der Waals surface area contributed by atoms with E-state index in [1.165, 1.54) is 149 Å². The van der Waals surface area contributed by atoms with Crippen molar-refractivity contribution in [2.45, 2.75) is 164 Å². The number of aromatic nitrogens is 3. The average Bonchev–Trinajstić information content (AvgIpc) is 4.46. The first-order valence-corrected chi connectivity index (χ1v) is 30.5. The summed E-state index contributed by atoms with van der Waals surface area (Å²) < 4.78 is 7.02. The third-order valence-corrected chi connectivity index (χ3v) is 13.6. The van der Waals surface area contributed by atoms with Gasteiger partial charge >= 0.3 is 0 Å². The molecule has 6 heteroatoms. The first kappa shape index (κ1) is 66.5. The van der Waals surface area contributed by atoms with Crippen LogP contribution in [0.5, 0.6) is 0 Å². The second-order valence-electron chi connectivity index (χ2n) is 20.4. The van der Waals surface area contributed by atoms with Crippen molar-refractivity contribution in [3.63, 3.8) is 0 Å². The number of terminal acetylenes is 1. The van der Waals surface area contributed by atoms with Crippen LogP contribution in [0, 0.1) is 19.3 Å². The van der Waals surface area contributed by atoms with Crippen molar-refractivity contribution < 1.29 is 0 Å². The molecule has 82 heavy (non-hydrogen) atoms. The summed E-state index contributed by atoms with van der Waals surface area (Å²) in [5.41, 5.74) is 15.3. The maximum Gasteiger partial charge on any atom is 0.0857 e. The lowest BCUT2D eigenvalue weighted by Crippen LogP contribution is -2.01. The van der Waals surface area contributed by atoms with Crippen LogP contribution < -0.4 is 0 Å².